The van der Waals surface area contributed by atoms with Gasteiger partial charge in [0.15, 0.2) is 0 Å². The van der Waals surface area contributed by atoms with Crippen LogP contribution in [0.5, 0.6) is 0 Å². The largest absolute Gasteiger partial charge is 0.419 e. The fraction of sp³-hybridized carbons (Fsp3) is 0.304. The number of hydrogen-bond acceptors (Lipinski definition) is 4. The lowest BCUT2D eigenvalue weighted by molar-refractivity contribution is -0.138. The molecule has 0 amide bonds. The molecule has 3 aromatic rings. The van der Waals surface area contributed by atoms with Gasteiger partial charge in [-0.3, -0.25) is 4.90 Å². The molecule has 2 unspecified atom stereocenters. The molecule has 1 aliphatic rings. The molecule has 1 aromatic heterocycles. The second kappa shape index (κ2) is 9.65. The quantitative estimate of drug-likeness (QED) is 0.460. The van der Waals surface area contributed by atoms with Crippen molar-refractivity contribution in [2.24, 2.45) is 5.92 Å². The third-order valence-electron chi connectivity index (χ3n) is 5.64. The second-order valence-corrected chi connectivity index (χ2v) is 8.71. The van der Waals surface area contributed by atoms with Crippen LogP contribution in [0.1, 0.15) is 22.6 Å². The minimum atomic E-state index is -4.46. The number of halogens is 5. The molecule has 0 radical (unpaired) electrons. The van der Waals surface area contributed by atoms with Crippen molar-refractivity contribution in [3.8, 4) is 0 Å². The summed E-state index contributed by atoms with van der Waals surface area (Å²) in [4.78, 5) is 10.0. The molecule has 4 rings (SSSR count). The molecule has 1 fully saturated rings. The van der Waals surface area contributed by atoms with Gasteiger partial charge in [-0.05, 0) is 29.2 Å². The number of hydrogen-bond donors (Lipinski definition) is 1. The van der Waals surface area contributed by atoms with E-state index in [9.17, 15) is 13.2 Å². The van der Waals surface area contributed by atoms with Gasteiger partial charge in [0.1, 0.15) is 0 Å². The van der Waals surface area contributed by atoms with E-state index in [2.05, 4.69) is 32.3 Å². The fourth-order valence-corrected chi connectivity index (χ4v) is 4.35. The van der Waals surface area contributed by atoms with Crippen LogP contribution in [0.25, 0.3) is 0 Å². The van der Waals surface area contributed by atoms with Crippen LogP contribution in [0.15, 0.2) is 60.9 Å². The standard InChI is InChI=1S/C23H21Cl2F3N4/c24-20-7-6-16(8-21(20)25)19-14-32(12-15-4-2-1-3-5-15)13-17(19)9-29-22-30-10-18(11-31-22)23(26,27)28/h1-8,10-11,17,19H,9,12-14H2,(H,29,30,31). The summed E-state index contributed by atoms with van der Waals surface area (Å²) in [6, 6.07) is 15.9. The van der Waals surface area contributed by atoms with Gasteiger partial charge in [-0.2, -0.15) is 13.2 Å². The summed E-state index contributed by atoms with van der Waals surface area (Å²) >= 11 is 12.4. The van der Waals surface area contributed by atoms with Crippen LogP contribution >= 0.6 is 23.2 Å². The average Bonchev–Trinajstić information content (AvgIpc) is 3.17. The van der Waals surface area contributed by atoms with Crippen LogP contribution in [0, 0.1) is 5.92 Å². The molecule has 0 spiro atoms. The Labute approximate surface area is 194 Å². The third kappa shape index (κ3) is 5.52. The molecule has 2 heterocycles. The van der Waals surface area contributed by atoms with E-state index >= 15 is 0 Å². The molecule has 0 aliphatic carbocycles. The summed E-state index contributed by atoms with van der Waals surface area (Å²) in [5.41, 5.74) is 1.43. The van der Waals surface area contributed by atoms with Crippen molar-refractivity contribution in [1.82, 2.24) is 14.9 Å². The van der Waals surface area contributed by atoms with Gasteiger partial charge in [0, 0.05) is 44.5 Å². The Morgan fingerprint density at radius 2 is 1.69 bits per heavy atom. The Balaban J connectivity index is 1.49. The third-order valence-corrected chi connectivity index (χ3v) is 6.38. The minimum Gasteiger partial charge on any atom is -0.354 e. The predicted octanol–water partition coefficient (Wildman–Crippen LogP) is 6.13. The summed E-state index contributed by atoms with van der Waals surface area (Å²) in [6.07, 6.45) is -2.87. The van der Waals surface area contributed by atoms with E-state index in [4.69, 9.17) is 23.2 Å². The highest BCUT2D eigenvalue weighted by atomic mass is 35.5. The van der Waals surface area contributed by atoms with E-state index < -0.39 is 11.7 Å². The molecule has 1 N–H and O–H groups in total. The lowest BCUT2D eigenvalue weighted by atomic mass is 9.89. The number of benzene rings is 2. The van der Waals surface area contributed by atoms with Gasteiger partial charge in [-0.15, -0.1) is 0 Å². The van der Waals surface area contributed by atoms with E-state index in [1.807, 2.05) is 30.3 Å². The molecule has 2 aromatic carbocycles. The summed E-state index contributed by atoms with van der Waals surface area (Å²) in [6.45, 7) is 2.97. The van der Waals surface area contributed by atoms with Crippen LogP contribution in [-0.4, -0.2) is 34.5 Å². The first-order chi connectivity index (χ1) is 15.3. The smallest absolute Gasteiger partial charge is 0.354 e. The molecule has 0 bridgehead atoms. The topological polar surface area (TPSA) is 41.1 Å². The maximum Gasteiger partial charge on any atom is 0.419 e. The van der Waals surface area contributed by atoms with Crippen molar-refractivity contribution < 1.29 is 13.2 Å². The van der Waals surface area contributed by atoms with Gasteiger partial charge < -0.3 is 5.32 Å². The Morgan fingerprint density at radius 3 is 2.34 bits per heavy atom. The zero-order valence-electron chi connectivity index (χ0n) is 17.0. The first-order valence-corrected chi connectivity index (χ1v) is 10.9. The molecule has 9 heteroatoms. The zero-order chi connectivity index (χ0) is 22.7. The van der Waals surface area contributed by atoms with Crippen molar-refractivity contribution in [1.29, 1.82) is 0 Å². The van der Waals surface area contributed by atoms with Gasteiger partial charge in [0.2, 0.25) is 5.95 Å². The van der Waals surface area contributed by atoms with Crippen molar-refractivity contribution in [3.05, 3.63) is 87.7 Å². The molecule has 2 atom stereocenters. The van der Waals surface area contributed by atoms with Crippen molar-refractivity contribution in [2.75, 3.05) is 25.0 Å². The Kier molecular flexibility index (Phi) is 6.88. The van der Waals surface area contributed by atoms with Crippen LogP contribution in [0.3, 0.4) is 0 Å². The van der Waals surface area contributed by atoms with Gasteiger partial charge in [0.05, 0.1) is 15.6 Å². The van der Waals surface area contributed by atoms with Gasteiger partial charge in [0.25, 0.3) is 0 Å². The van der Waals surface area contributed by atoms with Crippen LogP contribution in [-0.2, 0) is 12.7 Å². The van der Waals surface area contributed by atoms with E-state index in [0.29, 0.717) is 16.6 Å². The number of alkyl halides is 3. The second-order valence-electron chi connectivity index (χ2n) is 7.89. The highest BCUT2D eigenvalue weighted by molar-refractivity contribution is 6.42. The lowest BCUT2D eigenvalue weighted by Gasteiger charge is -2.20. The van der Waals surface area contributed by atoms with Gasteiger partial charge >= 0.3 is 6.18 Å². The summed E-state index contributed by atoms with van der Waals surface area (Å²) in [5, 5.41) is 4.11. The number of nitrogens with zero attached hydrogens (tertiary/aromatic N) is 3. The van der Waals surface area contributed by atoms with Crippen LogP contribution in [0.2, 0.25) is 10.0 Å². The summed E-state index contributed by atoms with van der Waals surface area (Å²) < 4.78 is 38.2. The van der Waals surface area contributed by atoms with E-state index in [1.165, 1.54) is 5.56 Å². The molecule has 32 heavy (non-hydrogen) atoms. The number of aromatic nitrogens is 2. The highest BCUT2D eigenvalue weighted by Gasteiger charge is 2.34. The number of likely N-dealkylation sites (tertiary alicyclic amines) is 1. The molecule has 1 saturated heterocycles. The lowest BCUT2D eigenvalue weighted by Crippen LogP contribution is -2.23. The average molecular weight is 481 g/mol. The fourth-order valence-electron chi connectivity index (χ4n) is 4.05. The Bertz CT molecular complexity index is 1050. The zero-order valence-corrected chi connectivity index (χ0v) is 18.5. The molecule has 0 saturated carbocycles. The van der Waals surface area contributed by atoms with Crippen molar-refractivity contribution >= 4 is 29.2 Å². The molecule has 168 valence electrons. The predicted molar refractivity (Wildman–Crippen MR) is 120 cm³/mol. The molecule has 1 aliphatic heterocycles. The SMILES string of the molecule is FC(F)(F)c1cnc(NCC2CN(Cc3ccccc3)CC2c2ccc(Cl)c(Cl)c2)nc1. The first kappa shape index (κ1) is 22.8. The van der Waals surface area contributed by atoms with Crippen LogP contribution in [0.4, 0.5) is 19.1 Å². The van der Waals surface area contributed by atoms with Gasteiger partial charge in [-0.1, -0.05) is 59.6 Å². The normalized spacial score (nSPS) is 19.3. The maximum absolute atomic E-state index is 12.7. The Morgan fingerprint density at radius 1 is 0.969 bits per heavy atom. The number of rotatable bonds is 6. The van der Waals surface area contributed by atoms with E-state index in [1.54, 1.807) is 6.07 Å². The van der Waals surface area contributed by atoms with Crippen molar-refractivity contribution in [2.45, 2.75) is 18.6 Å². The highest BCUT2D eigenvalue weighted by Crippen LogP contribution is 2.36. The molecular weight excluding hydrogens is 460 g/mol. The monoisotopic (exact) mass is 480 g/mol. The van der Waals surface area contributed by atoms with Crippen LogP contribution < -0.4 is 5.32 Å². The summed E-state index contributed by atoms with van der Waals surface area (Å²) in [7, 11) is 0. The maximum atomic E-state index is 12.7. The van der Waals surface area contributed by atoms with E-state index in [-0.39, 0.29) is 17.8 Å². The number of anilines is 1. The number of nitrogens with one attached hydrogen (secondary N) is 1. The molecule has 4 nitrogen and oxygen atoms in total. The Hall–Kier alpha value is -2.35. The first-order valence-electron chi connectivity index (χ1n) is 10.1. The van der Waals surface area contributed by atoms with E-state index in [0.717, 1.165) is 37.6 Å². The molecular formula is C23H21Cl2F3N4. The summed E-state index contributed by atoms with van der Waals surface area (Å²) in [5.74, 6) is 0.532. The van der Waals surface area contributed by atoms with Crippen molar-refractivity contribution in [3.63, 3.8) is 0 Å². The minimum absolute atomic E-state index is 0.174. The van der Waals surface area contributed by atoms with Gasteiger partial charge in [-0.25, -0.2) is 9.97 Å².